The van der Waals surface area contributed by atoms with Crippen molar-refractivity contribution in [3.63, 3.8) is 0 Å². The molecule has 0 aromatic heterocycles. The summed E-state index contributed by atoms with van der Waals surface area (Å²) < 4.78 is 0. The Kier molecular flexibility index (Phi) is 22.6. The van der Waals surface area contributed by atoms with E-state index < -0.39 is 5.97 Å². The summed E-state index contributed by atoms with van der Waals surface area (Å²) in [6.45, 7) is 2.26. The normalized spacial score (nSPS) is 13.4. The van der Waals surface area contributed by atoms with Gasteiger partial charge in [-0.15, -0.1) is 0 Å². The molecule has 2 unspecified atom stereocenters. The van der Waals surface area contributed by atoms with Gasteiger partial charge in [-0.3, -0.25) is 4.79 Å². The zero-order chi connectivity index (χ0) is 22.3. The van der Waals surface area contributed by atoms with Crippen molar-refractivity contribution in [2.75, 3.05) is 0 Å². The number of aliphatic carboxylic acids is 1. The van der Waals surface area contributed by atoms with E-state index in [1.165, 1.54) is 64.2 Å². The maximum absolute atomic E-state index is 10.4. The largest absolute Gasteiger partial charge is 0.481 e. The van der Waals surface area contributed by atoms with Gasteiger partial charge < -0.3 is 15.3 Å². The van der Waals surface area contributed by atoms with Crippen LogP contribution in [0.25, 0.3) is 0 Å². The molecule has 0 aromatic rings. The van der Waals surface area contributed by atoms with Gasteiger partial charge in [-0.2, -0.15) is 0 Å². The lowest BCUT2D eigenvalue weighted by molar-refractivity contribution is -0.137. The Bertz CT molecular complexity index is 359. The Balaban J connectivity index is 3.31. The van der Waals surface area contributed by atoms with Gasteiger partial charge in [-0.25, -0.2) is 0 Å². The van der Waals surface area contributed by atoms with Crippen LogP contribution in [0.5, 0.6) is 0 Å². The first-order valence-corrected chi connectivity index (χ1v) is 13.1. The fourth-order valence-corrected chi connectivity index (χ4v) is 4.08. The molecule has 0 aromatic carbocycles. The van der Waals surface area contributed by atoms with Gasteiger partial charge in [0.05, 0.1) is 12.2 Å². The summed E-state index contributed by atoms with van der Waals surface area (Å²) in [5.74, 6) is -0.705. The van der Waals surface area contributed by atoms with Crippen LogP contribution in [0, 0.1) is 0 Å². The van der Waals surface area contributed by atoms with Crippen LogP contribution < -0.4 is 0 Å². The molecule has 2 atom stereocenters. The van der Waals surface area contributed by atoms with E-state index >= 15 is 0 Å². The van der Waals surface area contributed by atoms with Gasteiger partial charge in [0.1, 0.15) is 0 Å². The maximum atomic E-state index is 10.4. The number of rotatable bonds is 24. The summed E-state index contributed by atoms with van der Waals surface area (Å²) in [6.07, 6.45) is 23.6. The van der Waals surface area contributed by atoms with E-state index in [9.17, 15) is 15.0 Å². The van der Waals surface area contributed by atoms with E-state index in [2.05, 4.69) is 6.92 Å². The molecule has 0 heterocycles. The molecule has 0 fully saturated rings. The average molecular weight is 429 g/mol. The maximum Gasteiger partial charge on any atom is 0.303 e. The molecule has 30 heavy (non-hydrogen) atoms. The summed E-state index contributed by atoms with van der Waals surface area (Å²) in [6, 6.07) is 0. The highest BCUT2D eigenvalue weighted by Crippen LogP contribution is 2.16. The van der Waals surface area contributed by atoms with E-state index in [0.717, 1.165) is 57.8 Å². The summed E-state index contributed by atoms with van der Waals surface area (Å²) in [7, 11) is 0. The molecule has 0 saturated heterocycles. The van der Waals surface area contributed by atoms with Gasteiger partial charge in [0, 0.05) is 6.42 Å². The third-order valence-electron chi connectivity index (χ3n) is 6.15. The standard InChI is InChI=1S/C26H52O4/c1-2-3-4-5-6-7-8-9-10-13-16-19-24(27)22-23-25(28)20-17-14-11-12-15-18-21-26(29)30/h24-25,27-28H,2-23H2,1H3,(H,29,30). The summed E-state index contributed by atoms with van der Waals surface area (Å²) >= 11 is 0. The molecule has 0 aliphatic rings. The molecule has 0 aliphatic heterocycles. The van der Waals surface area contributed by atoms with Crippen LogP contribution >= 0.6 is 0 Å². The highest BCUT2D eigenvalue weighted by atomic mass is 16.4. The van der Waals surface area contributed by atoms with Crippen molar-refractivity contribution in [3.8, 4) is 0 Å². The minimum Gasteiger partial charge on any atom is -0.481 e. The third-order valence-corrected chi connectivity index (χ3v) is 6.15. The summed E-state index contributed by atoms with van der Waals surface area (Å²) in [5, 5.41) is 28.8. The molecule has 0 spiro atoms. The number of carbonyl (C=O) groups is 1. The number of hydrogen-bond donors (Lipinski definition) is 3. The molecule has 4 nitrogen and oxygen atoms in total. The van der Waals surface area contributed by atoms with Crippen LogP contribution in [-0.2, 0) is 4.79 Å². The van der Waals surface area contributed by atoms with E-state index in [1.54, 1.807) is 0 Å². The van der Waals surface area contributed by atoms with E-state index in [-0.39, 0.29) is 18.6 Å². The number of carboxylic acid groups (broad SMARTS) is 1. The fourth-order valence-electron chi connectivity index (χ4n) is 4.08. The van der Waals surface area contributed by atoms with Gasteiger partial charge in [0.2, 0.25) is 0 Å². The SMILES string of the molecule is CCCCCCCCCCCCCC(O)CCC(O)CCCCCCCCC(=O)O. The zero-order valence-corrected chi connectivity index (χ0v) is 20.0. The van der Waals surface area contributed by atoms with Crippen molar-refractivity contribution in [1.29, 1.82) is 0 Å². The lowest BCUT2D eigenvalue weighted by atomic mass is 10.00. The van der Waals surface area contributed by atoms with Crippen LogP contribution in [0.2, 0.25) is 0 Å². The summed E-state index contributed by atoms with van der Waals surface area (Å²) in [5.41, 5.74) is 0. The highest BCUT2D eigenvalue weighted by molar-refractivity contribution is 5.66. The fraction of sp³-hybridized carbons (Fsp3) is 0.962. The van der Waals surface area contributed by atoms with Gasteiger partial charge >= 0.3 is 5.97 Å². The van der Waals surface area contributed by atoms with Crippen molar-refractivity contribution in [2.45, 2.75) is 160 Å². The average Bonchev–Trinajstić information content (AvgIpc) is 2.72. The van der Waals surface area contributed by atoms with Gasteiger partial charge in [-0.05, 0) is 32.1 Å². The minimum absolute atomic E-state index is 0.257. The van der Waals surface area contributed by atoms with Gasteiger partial charge in [0.25, 0.3) is 0 Å². The number of hydrogen-bond acceptors (Lipinski definition) is 3. The Labute approximate surface area is 186 Å². The van der Waals surface area contributed by atoms with Gasteiger partial charge in [-0.1, -0.05) is 110 Å². The van der Waals surface area contributed by atoms with E-state index in [1.807, 2.05) is 0 Å². The molecule has 0 aliphatic carbocycles. The molecule has 4 heteroatoms. The Morgan fingerprint density at radius 3 is 1.23 bits per heavy atom. The molecule has 0 saturated carbocycles. The van der Waals surface area contributed by atoms with Crippen LogP contribution in [-0.4, -0.2) is 33.5 Å². The van der Waals surface area contributed by atoms with Crippen LogP contribution in [0.1, 0.15) is 148 Å². The molecule has 0 radical (unpaired) electrons. The Hall–Kier alpha value is -0.610. The number of unbranched alkanes of at least 4 members (excludes halogenated alkanes) is 15. The molecular weight excluding hydrogens is 376 g/mol. The molecule has 0 bridgehead atoms. The van der Waals surface area contributed by atoms with Crippen molar-refractivity contribution >= 4 is 5.97 Å². The van der Waals surface area contributed by atoms with Crippen molar-refractivity contribution < 1.29 is 20.1 Å². The van der Waals surface area contributed by atoms with Crippen molar-refractivity contribution in [2.24, 2.45) is 0 Å². The molecule has 0 rings (SSSR count). The Morgan fingerprint density at radius 1 is 0.533 bits per heavy atom. The van der Waals surface area contributed by atoms with Crippen LogP contribution in [0.4, 0.5) is 0 Å². The predicted molar refractivity (Wildman–Crippen MR) is 127 cm³/mol. The quantitative estimate of drug-likeness (QED) is 0.140. The van der Waals surface area contributed by atoms with E-state index in [4.69, 9.17) is 5.11 Å². The topological polar surface area (TPSA) is 77.8 Å². The smallest absolute Gasteiger partial charge is 0.303 e. The van der Waals surface area contributed by atoms with E-state index in [0.29, 0.717) is 12.8 Å². The zero-order valence-electron chi connectivity index (χ0n) is 20.0. The lowest BCUT2D eigenvalue weighted by Gasteiger charge is -2.14. The Morgan fingerprint density at radius 2 is 0.867 bits per heavy atom. The highest BCUT2D eigenvalue weighted by Gasteiger charge is 2.09. The van der Waals surface area contributed by atoms with Crippen LogP contribution in [0.3, 0.4) is 0 Å². The molecule has 3 N–H and O–H groups in total. The van der Waals surface area contributed by atoms with Crippen LogP contribution in [0.15, 0.2) is 0 Å². The number of carboxylic acids is 1. The van der Waals surface area contributed by atoms with Crippen molar-refractivity contribution in [1.82, 2.24) is 0 Å². The second-order valence-corrected chi connectivity index (χ2v) is 9.26. The first-order chi connectivity index (χ1) is 14.6. The summed E-state index contributed by atoms with van der Waals surface area (Å²) in [4.78, 5) is 10.4. The van der Waals surface area contributed by atoms with Crippen molar-refractivity contribution in [3.05, 3.63) is 0 Å². The first-order valence-electron chi connectivity index (χ1n) is 13.1. The predicted octanol–water partition coefficient (Wildman–Crippen LogP) is 7.39. The second kappa shape index (κ2) is 23.1. The first kappa shape index (κ1) is 29.4. The lowest BCUT2D eigenvalue weighted by Crippen LogP contribution is -2.13. The molecule has 180 valence electrons. The third kappa shape index (κ3) is 23.7. The second-order valence-electron chi connectivity index (χ2n) is 9.26. The molecule has 0 amide bonds. The number of aliphatic hydroxyl groups is 2. The minimum atomic E-state index is -0.705. The number of aliphatic hydroxyl groups excluding tert-OH is 2. The van der Waals surface area contributed by atoms with Gasteiger partial charge in [0.15, 0.2) is 0 Å². The molecular formula is C26H52O4. The monoisotopic (exact) mass is 428 g/mol.